The molecule has 1 rings (SSSR count). The van der Waals surface area contributed by atoms with Crippen LogP contribution in [0.2, 0.25) is 0 Å². The van der Waals surface area contributed by atoms with Crippen molar-refractivity contribution in [1.29, 1.82) is 0 Å². The van der Waals surface area contributed by atoms with E-state index >= 15 is 0 Å². The van der Waals surface area contributed by atoms with E-state index in [1.807, 2.05) is 13.8 Å². The van der Waals surface area contributed by atoms with E-state index in [9.17, 15) is 9.18 Å². The van der Waals surface area contributed by atoms with Gasteiger partial charge in [-0.3, -0.25) is 4.79 Å². The minimum absolute atomic E-state index is 0.0272. The van der Waals surface area contributed by atoms with Crippen LogP contribution in [0.3, 0.4) is 0 Å². The fraction of sp³-hybridized carbons (Fsp3) is 0.364. The second kappa shape index (κ2) is 4.86. The lowest BCUT2D eigenvalue weighted by atomic mass is 10.1. The Morgan fingerprint density at radius 3 is 2.43 bits per heavy atom. The average molecular weight is 196 g/mol. The summed E-state index contributed by atoms with van der Waals surface area (Å²) in [6.07, 6.45) is 0.0272. The number of carbonyl (C=O) groups is 1. The van der Waals surface area contributed by atoms with Crippen LogP contribution < -0.4 is 0 Å². The summed E-state index contributed by atoms with van der Waals surface area (Å²) in [6, 6.07) is 5.45. The quantitative estimate of drug-likeness (QED) is 0.691. The van der Waals surface area contributed by atoms with Crippen molar-refractivity contribution in [2.45, 2.75) is 20.0 Å². The summed E-state index contributed by atoms with van der Waals surface area (Å²) in [5, 5.41) is 0. The molecule has 1 aromatic rings. The molecule has 0 saturated carbocycles. The van der Waals surface area contributed by atoms with Crippen LogP contribution in [0, 0.1) is 5.82 Å². The maximum atomic E-state index is 12.5. The van der Waals surface area contributed by atoms with Crippen LogP contribution in [-0.2, 0) is 4.74 Å². The molecule has 0 radical (unpaired) electrons. The molecule has 0 unspecified atom stereocenters. The molecule has 76 valence electrons. The molecule has 0 spiro atoms. The van der Waals surface area contributed by atoms with Crippen LogP contribution in [-0.4, -0.2) is 18.5 Å². The molecule has 0 aliphatic carbocycles. The van der Waals surface area contributed by atoms with E-state index in [1.165, 1.54) is 24.3 Å². The van der Waals surface area contributed by atoms with Gasteiger partial charge in [-0.1, -0.05) is 0 Å². The summed E-state index contributed by atoms with van der Waals surface area (Å²) in [7, 11) is 0. The zero-order chi connectivity index (χ0) is 10.6. The predicted octanol–water partition coefficient (Wildman–Crippen LogP) is 2.43. The molecule has 1 aromatic carbocycles. The summed E-state index contributed by atoms with van der Waals surface area (Å²) in [5.41, 5.74) is 0.479. The Kier molecular flexibility index (Phi) is 3.77. The smallest absolute Gasteiger partial charge is 0.188 e. The van der Waals surface area contributed by atoms with E-state index < -0.39 is 0 Å². The highest BCUT2D eigenvalue weighted by molar-refractivity contribution is 5.97. The van der Waals surface area contributed by atoms with Gasteiger partial charge in [0.15, 0.2) is 5.78 Å². The standard InChI is InChI=1S/C11H13FO2/c1-8(2)14-7-11(13)9-3-5-10(12)6-4-9/h3-6,8H,7H2,1-2H3. The van der Waals surface area contributed by atoms with Crippen molar-refractivity contribution < 1.29 is 13.9 Å². The molecule has 0 N–H and O–H groups in total. The first-order valence-electron chi connectivity index (χ1n) is 4.50. The summed E-state index contributed by atoms with van der Waals surface area (Å²) >= 11 is 0. The van der Waals surface area contributed by atoms with E-state index in [0.717, 1.165) is 0 Å². The SMILES string of the molecule is CC(C)OCC(=O)c1ccc(F)cc1. The van der Waals surface area contributed by atoms with Crippen LogP contribution >= 0.6 is 0 Å². The second-order valence-corrected chi connectivity index (χ2v) is 3.29. The molecule has 14 heavy (non-hydrogen) atoms. The number of benzene rings is 1. The summed E-state index contributed by atoms with van der Waals surface area (Å²) in [4.78, 5) is 11.4. The number of hydrogen-bond acceptors (Lipinski definition) is 2. The van der Waals surface area contributed by atoms with Gasteiger partial charge in [0.2, 0.25) is 0 Å². The van der Waals surface area contributed by atoms with Gasteiger partial charge in [0.05, 0.1) is 6.10 Å². The Morgan fingerprint density at radius 1 is 1.36 bits per heavy atom. The van der Waals surface area contributed by atoms with E-state index in [-0.39, 0.29) is 24.3 Å². The van der Waals surface area contributed by atoms with E-state index in [2.05, 4.69) is 0 Å². The number of rotatable bonds is 4. The third kappa shape index (κ3) is 3.26. The second-order valence-electron chi connectivity index (χ2n) is 3.29. The highest BCUT2D eigenvalue weighted by Crippen LogP contribution is 2.04. The number of Topliss-reactive ketones (excluding diaryl/α,β-unsaturated/α-hetero) is 1. The fourth-order valence-electron chi connectivity index (χ4n) is 0.961. The number of halogens is 1. The van der Waals surface area contributed by atoms with Gasteiger partial charge in [-0.05, 0) is 38.1 Å². The minimum atomic E-state index is -0.341. The van der Waals surface area contributed by atoms with Crippen LogP contribution in [0.15, 0.2) is 24.3 Å². The van der Waals surface area contributed by atoms with Crippen molar-refractivity contribution in [3.63, 3.8) is 0 Å². The molecule has 0 fully saturated rings. The van der Waals surface area contributed by atoms with E-state index in [0.29, 0.717) is 5.56 Å². The Bertz CT molecular complexity index is 304. The molecular weight excluding hydrogens is 183 g/mol. The lowest BCUT2D eigenvalue weighted by Gasteiger charge is -2.06. The first-order valence-corrected chi connectivity index (χ1v) is 4.50. The molecule has 0 aliphatic rings. The molecule has 2 nitrogen and oxygen atoms in total. The molecular formula is C11H13FO2. The third-order valence-electron chi connectivity index (χ3n) is 1.71. The van der Waals surface area contributed by atoms with Crippen molar-refractivity contribution in [2.24, 2.45) is 0 Å². The topological polar surface area (TPSA) is 26.3 Å². The van der Waals surface area contributed by atoms with Crippen LogP contribution in [0.4, 0.5) is 4.39 Å². The first kappa shape index (κ1) is 10.9. The molecule has 0 aromatic heterocycles. The zero-order valence-electron chi connectivity index (χ0n) is 8.29. The lowest BCUT2D eigenvalue weighted by Crippen LogP contribution is -2.13. The first-order chi connectivity index (χ1) is 6.59. The Morgan fingerprint density at radius 2 is 1.93 bits per heavy atom. The van der Waals surface area contributed by atoms with Crippen molar-refractivity contribution in [1.82, 2.24) is 0 Å². The van der Waals surface area contributed by atoms with Gasteiger partial charge in [-0.25, -0.2) is 4.39 Å². The minimum Gasteiger partial charge on any atom is -0.371 e. The largest absolute Gasteiger partial charge is 0.371 e. The van der Waals surface area contributed by atoms with Gasteiger partial charge < -0.3 is 4.74 Å². The summed E-state index contributed by atoms with van der Waals surface area (Å²) in [5.74, 6) is -0.468. The molecule has 0 atom stereocenters. The van der Waals surface area contributed by atoms with Gasteiger partial charge in [-0.2, -0.15) is 0 Å². The maximum absolute atomic E-state index is 12.5. The van der Waals surface area contributed by atoms with Gasteiger partial charge >= 0.3 is 0 Å². The molecule has 3 heteroatoms. The van der Waals surface area contributed by atoms with Gasteiger partial charge in [0.1, 0.15) is 12.4 Å². The molecule has 0 saturated heterocycles. The van der Waals surface area contributed by atoms with Crippen molar-refractivity contribution in [2.75, 3.05) is 6.61 Å². The highest BCUT2D eigenvalue weighted by Gasteiger charge is 2.06. The summed E-state index contributed by atoms with van der Waals surface area (Å²) < 4.78 is 17.7. The van der Waals surface area contributed by atoms with E-state index in [4.69, 9.17) is 4.74 Å². The van der Waals surface area contributed by atoms with Crippen LogP contribution in [0.5, 0.6) is 0 Å². The van der Waals surface area contributed by atoms with E-state index in [1.54, 1.807) is 0 Å². The number of carbonyl (C=O) groups excluding carboxylic acids is 1. The monoisotopic (exact) mass is 196 g/mol. The molecule has 0 amide bonds. The molecule has 0 bridgehead atoms. The molecule has 0 heterocycles. The van der Waals surface area contributed by atoms with Gasteiger partial charge in [0.25, 0.3) is 0 Å². The third-order valence-corrected chi connectivity index (χ3v) is 1.71. The predicted molar refractivity (Wildman–Crippen MR) is 51.8 cm³/mol. The maximum Gasteiger partial charge on any atom is 0.188 e. The zero-order valence-corrected chi connectivity index (χ0v) is 8.29. The van der Waals surface area contributed by atoms with Crippen LogP contribution in [0.1, 0.15) is 24.2 Å². The Labute approximate surface area is 82.7 Å². The fourth-order valence-corrected chi connectivity index (χ4v) is 0.961. The van der Waals surface area contributed by atoms with Crippen LogP contribution in [0.25, 0.3) is 0 Å². The number of ketones is 1. The van der Waals surface area contributed by atoms with Crippen molar-refractivity contribution in [3.05, 3.63) is 35.6 Å². The number of hydrogen-bond donors (Lipinski definition) is 0. The Balaban J connectivity index is 2.57. The summed E-state index contributed by atoms with van der Waals surface area (Å²) in [6.45, 7) is 3.76. The average Bonchev–Trinajstić information content (AvgIpc) is 2.15. The van der Waals surface area contributed by atoms with Crippen molar-refractivity contribution in [3.8, 4) is 0 Å². The highest BCUT2D eigenvalue weighted by atomic mass is 19.1. The van der Waals surface area contributed by atoms with Gasteiger partial charge in [0, 0.05) is 5.56 Å². The number of ether oxygens (including phenoxy) is 1. The van der Waals surface area contributed by atoms with Gasteiger partial charge in [-0.15, -0.1) is 0 Å². The Hall–Kier alpha value is -1.22. The lowest BCUT2D eigenvalue weighted by molar-refractivity contribution is 0.0585. The normalized spacial score (nSPS) is 10.6. The van der Waals surface area contributed by atoms with Crippen molar-refractivity contribution >= 4 is 5.78 Å². The molecule has 0 aliphatic heterocycles.